The summed E-state index contributed by atoms with van der Waals surface area (Å²) in [6.07, 6.45) is 3.68. The van der Waals surface area contributed by atoms with Gasteiger partial charge in [0.2, 0.25) is 0 Å². The molecule has 0 amide bonds. The Bertz CT molecular complexity index is 469. The average molecular weight is 264 g/mol. The second-order valence-corrected chi connectivity index (χ2v) is 6.27. The van der Waals surface area contributed by atoms with Gasteiger partial charge in [0.25, 0.3) is 0 Å². The van der Waals surface area contributed by atoms with Crippen LogP contribution in [0.5, 0.6) is 0 Å². The first-order valence-corrected chi connectivity index (χ1v) is 7.03. The minimum Gasteiger partial charge on any atom is -0.264 e. The maximum absolute atomic E-state index is 9.16. The first-order chi connectivity index (χ1) is 6.97. The Kier molecular flexibility index (Phi) is 4.32. The summed E-state index contributed by atoms with van der Waals surface area (Å²) in [7, 11) is 4.81. The third kappa shape index (κ3) is 5.57. The fourth-order valence-electron chi connectivity index (χ4n) is 1.03. The van der Waals surface area contributed by atoms with E-state index in [9.17, 15) is 0 Å². The van der Waals surface area contributed by atoms with Crippen molar-refractivity contribution < 1.29 is 8.42 Å². The van der Waals surface area contributed by atoms with Crippen LogP contribution in [0.3, 0.4) is 0 Å². The highest BCUT2D eigenvalue weighted by molar-refractivity contribution is 8.31. The van der Waals surface area contributed by atoms with Gasteiger partial charge in [-0.05, 0) is 16.8 Å². The first kappa shape index (κ1) is 12.2. The van der Waals surface area contributed by atoms with Crippen LogP contribution in [0.15, 0.2) is 42.7 Å². The SMILES string of the molecule is O=S(=O)(Cl)Cl.c1ccc2cnccc2c1. The van der Waals surface area contributed by atoms with Crippen molar-refractivity contribution in [2.24, 2.45) is 0 Å². The van der Waals surface area contributed by atoms with Crippen LogP contribution in [0, 0.1) is 0 Å². The molecular formula is C9H7Cl2NO2S. The zero-order valence-corrected chi connectivity index (χ0v) is 9.80. The van der Waals surface area contributed by atoms with Crippen molar-refractivity contribution in [3.05, 3.63) is 42.7 Å². The maximum Gasteiger partial charge on any atom is 0.317 e. The van der Waals surface area contributed by atoms with Gasteiger partial charge in [-0.1, -0.05) is 24.3 Å². The maximum atomic E-state index is 9.16. The summed E-state index contributed by atoms with van der Waals surface area (Å²) >= 11 is 0. The van der Waals surface area contributed by atoms with Gasteiger partial charge in [0.05, 0.1) is 0 Å². The molecule has 80 valence electrons. The number of rotatable bonds is 0. The molecule has 3 nitrogen and oxygen atoms in total. The van der Waals surface area contributed by atoms with Crippen LogP contribution in [-0.2, 0) is 8.26 Å². The van der Waals surface area contributed by atoms with Crippen LogP contribution in [0.1, 0.15) is 0 Å². The van der Waals surface area contributed by atoms with Crippen molar-refractivity contribution in [3.63, 3.8) is 0 Å². The minimum atomic E-state index is -3.72. The molecule has 0 saturated carbocycles. The van der Waals surface area contributed by atoms with Gasteiger partial charge in [0.15, 0.2) is 0 Å². The molecule has 0 aliphatic heterocycles. The molecule has 0 aliphatic carbocycles. The molecule has 0 aliphatic rings. The van der Waals surface area contributed by atoms with Gasteiger partial charge < -0.3 is 0 Å². The molecule has 15 heavy (non-hydrogen) atoms. The summed E-state index contributed by atoms with van der Waals surface area (Å²) in [5, 5.41) is 2.45. The van der Waals surface area contributed by atoms with E-state index >= 15 is 0 Å². The van der Waals surface area contributed by atoms with Crippen LogP contribution >= 0.6 is 21.4 Å². The Morgan fingerprint density at radius 1 is 1.00 bits per heavy atom. The largest absolute Gasteiger partial charge is 0.317 e. The van der Waals surface area contributed by atoms with Crippen LogP contribution < -0.4 is 0 Å². The van der Waals surface area contributed by atoms with E-state index < -0.39 is 8.26 Å². The van der Waals surface area contributed by atoms with Gasteiger partial charge in [-0.25, -0.2) is 0 Å². The summed E-state index contributed by atoms with van der Waals surface area (Å²) in [5.41, 5.74) is 0. The number of aromatic nitrogens is 1. The van der Waals surface area contributed by atoms with E-state index in [1.54, 1.807) is 0 Å². The number of pyridine rings is 1. The zero-order valence-electron chi connectivity index (χ0n) is 7.47. The fourth-order valence-corrected chi connectivity index (χ4v) is 1.03. The first-order valence-electron chi connectivity index (χ1n) is 3.90. The molecule has 2 aromatic rings. The van der Waals surface area contributed by atoms with Crippen LogP contribution in [0.4, 0.5) is 0 Å². The Morgan fingerprint density at radius 2 is 1.53 bits per heavy atom. The van der Waals surface area contributed by atoms with Crippen molar-refractivity contribution in [2.45, 2.75) is 0 Å². The van der Waals surface area contributed by atoms with Crippen LogP contribution in [0.2, 0.25) is 0 Å². The Labute approximate surface area is 96.6 Å². The van der Waals surface area contributed by atoms with Gasteiger partial charge in [-0.2, -0.15) is 8.42 Å². The standard InChI is InChI=1S/C9H7N.Cl2O2S/c1-2-4-9-7-10-6-5-8(9)3-1;1-5(2,3)4/h1-7H;. The van der Waals surface area contributed by atoms with E-state index in [2.05, 4.69) is 38.5 Å². The summed E-state index contributed by atoms with van der Waals surface area (Å²) in [6, 6.07) is 10.2. The predicted molar refractivity (Wildman–Crippen MR) is 62.4 cm³/mol. The number of halogens is 2. The molecule has 0 atom stereocenters. The quantitative estimate of drug-likeness (QED) is 0.687. The molecule has 0 N–H and O–H groups in total. The zero-order chi connectivity index (χ0) is 11.3. The lowest BCUT2D eigenvalue weighted by molar-refractivity contribution is 0.621. The molecular weight excluding hydrogens is 257 g/mol. The van der Waals surface area contributed by atoms with E-state index in [0.29, 0.717) is 0 Å². The molecule has 6 heteroatoms. The second-order valence-electron chi connectivity index (χ2n) is 2.60. The molecule has 1 heterocycles. The summed E-state index contributed by atoms with van der Waals surface area (Å²) < 4.78 is 18.3. The summed E-state index contributed by atoms with van der Waals surface area (Å²) in [6.45, 7) is 0. The average Bonchev–Trinajstić information content (AvgIpc) is 2.16. The molecule has 0 bridgehead atoms. The minimum absolute atomic E-state index is 1.20. The smallest absolute Gasteiger partial charge is 0.264 e. The van der Waals surface area contributed by atoms with Gasteiger partial charge in [0.1, 0.15) is 0 Å². The van der Waals surface area contributed by atoms with E-state index in [-0.39, 0.29) is 0 Å². The summed E-state index contributed by atoms with van der Waals surface area (Å²) in [5.74, 6) is 0. The summed E-state index contributed by atoms with van der Waals surface area (Å²) in [4.78, 5) is 4.01. The van der Waals surface area contributed by atoms with Crippen LogP contribution in [-0.4, -0.2) is 13.4 Å². The molecule has 0 fully saturated rings. The number of hydrogen-bond donors (Lipinski definition) is 0. The third-order valence-electron chi connectivity index (χ3n) is 1.55. The normalized spacial score (nSPS) is 10.5. The van der Waals surface area contributed by atoms with Crippen LogP contribution in [0.25, 0.3) is 10.8 Å². The van der Waals surface area contributed by atoms with Gasteiger partial charge in [0, 0.05) is 33.8 Å². The van der Waals surface area contributed by atoms with Crippen molar-refractivity contribution in [1.29, 1.82) is 0 Å². The monoisotopic (exact) mass is 263 g/mol. The highest BCUT2D eigenvalue weighted by Crippen LogP contribution is 2.09. The topological polar surface area (TPSA) is 47.0 Å². The van der Waals surface area contributed by atoms with E-state index in [1.807, 2.05) is 30.6 Å². The molecule has 0 radical (unpaired) electrons. The number of nitrogens with zero attached hydrogens (tertiary/aromatic N) is 1. The Hall–Kier alpha value is -0.840. The molecule has 0 saturated heterocycles. The Morgan fingerprint density at radius 3 is 2.07 bits per heavy atom. The highest BCUT2D eigenvalue weighted by Gasteiger charge is 1.88. The lowest BCUT2D eigenvalue weighted by Gasteiger charge is -1.91. The van der Waals surface area contributed by atoms with Crippen molar-refractivity contribution >= 4 is 40.4 Å². The van der Waals surface area contributed by atoms with Gasteiger partial charge in [-0.3, -0.25) is 4.98 Å². The molecule has 0 unspecified atom stereocenters. The van der Waals surface area contributed by atoms with Gasteiger partial charge in [-0.15, -0.1) is 0 Å². The van der Waals surface area contributed by atoms with E-state index in [0.717, 1.165) is 0 Å². The van der Waals surface area contributed by atoms with Crippen molar-refractivity contribution in [3.8, 4) is 0 Å². The Balaban J connectivity index is 0.000000195. The lowest BCUT2D eigenvalue weighted by atomic mass is 10.2. The number of hydrogen-bond acceptors (Lipinski definition) is 3. The number of fused-ring (bicyclic) bond motifs is 1. The predicted octanol–water partition coefficient (Wildman–Crippen LogP) is 2.94. The van der Waals surface area contributed by atoms with E-state index in [4.69, 9.17) is 8.42 Å². The molecule has 2 rings (SSSR count). The van der Waals surface area contributed by atoms with E-state index in [1.165, 1.54) is 10.8 Å². The van der Waals surface area contributed by atoms with Crippen molar-refractivity contribution in [2.75, 3.05) is 0 Å². The third-order valence-corrected chi connectivity index (χ3v) is 1.55. The molecule has 0 spiro atoms. The van der Waals surface area contributed by atoms with Crippen molar-refractivity contribution in [1.82, 2.24) is 4.98 Å². The molecule has 1 aromatic heterocycles. The molecule has 1 aromatic carbocycles. The second kappa shape index (κ2) is 5.30. The highest BCUT2D eigenvalue weighted by atomic mass is 36.0. The lowest BCUT2D eigenvalue weighted by Crippen LogP contribution is -1.71. The van der Waals surface area contributed by atoms with Gasteiger partial charge >= 0.3 is 8.26 Å². The fraction of sp³-hybridized carbons (Fsp3) is 0. The number of benzene rings is 1.